The van der Waals surface area contributed by atoms with Crippen LogP contribution in [-0.4, -0.2) is 42.1 Å². The molecule has 1 aliphatic rings. The third kappa shape index (κ3) is 3.83. The van der Waals surface area contributed by atoms with Crippen LogP contribution in [0, 0.1) is 6.92 Å². The third-order valence-electron chi connectivity index (χ3n) is 3.55. The minimum absolute atomic E-state index is 0.0626. The van der Waals surface area contributed by atoms with E-state index in [0.29, 0.717) is 6.54 Å². The van der Waals surface area contributed by atoms with Crippen LogP contribution < -0.4 is 15.5 Å². The Hall–Kier alpha value is -1.85. The van der Waals surface area contributed by atoms with Crippen molar-refractivity contribution >= 4 is 17.5 Å². The zero-order valence-corrected chi connectivity index (χ0v) is 13.2. The lowest BCUT2D eigenvalue weighted by atomic mass is 10.2. The number of amides is 1. The fourth-order valence-electron chi connectivity index (χ4n) is 2.52. The highest BCUT2D eigenvalue weighted by atomic mass is 16.2. The number of anilines is 2. The van der Waals surface area contributed by atoms with Gasteiger partial charge in [0.25, 0.3) is 0 Å². The van der Waals surface area contributed by atoms with Crippen molar-refractivity contribution in [3.63, 3.8) is 0 Å². The number of rotatable bonds is 5. The summed E-state index contributed by atoms with van der Waals surface area (Å²) in [7, 11) is 0. The van der Waals surface area contributed by atoms with E-state index in [4.69, 9.17) is 4.98 Å². The molecule has 116 valence electrons. The lowest BCUT2D eigenvalue weighted by molar-refractivity contribution is -0.119. The Balaban J connectivity index is 2.37. The Morgan fingerprint density at radius 1 is 1.33 bits per heavy atom. The van der Waals surface area contributed by atoms with Gasteiger partial charge in [-0.1, -0.05) is 6.92 Å². The fourth-order valence-corrected chi connectivity index (χ4v) is 2.52. The summed E-state index contributed by atoms with van der Waals surface area (Å²) in [6, 6.07) is 0. The van der Waals surface area contributed by atoms with Crippen molar-refractivity contribution < 1.29 is 4.79 Å². The first-order valence-electron chi connectivity index (χ1n) is 7.78. The van der Waals surface area contributed by atoms with Crippen LogP contribution >= 0.6 is 0 Å². The number of hydrogen-bond donors (Lipinski definition) is 2. The molecular weight excluding hydrogens is 266 g/mol. The number of hydrogen-bond acceptors (Lipinski definition) is 5. The van der Waals surface area contributed by atoms with Crippen LogP contribution in [0.5, 0.6) is 0 Å². The molecule has 0 saturated carbocycles. The average molecular weight is 291 g/mol. The van der Waals surface area contributed by atoms with Gasteiger partial charge in [0.05, 0.1) is 6.54 Å². The van der Waals surface area contributed by atoms with Gasteiger partial charge in [-0.15, -0.1) is 0 Å². The largest absolute Gasteiger partial charge is 0.370 e. The molecule has 6 heteroatoms. The molecule has 0 aromatic carbocycles. The second-order valence-corrected chi connectivity index (χ2v) is 5.34. The number of nitrogens with zero attached hydrogens (tertiary/aromatic N) is 3. The molecule has 0 bridgehead atoms. The van der Waals surface area contributed by atoms with Gasteiger partial charge >= 0.3 is 0 Å². The molecule has 2 rings (SSSR count). The maximum atomic E-state index is 11.8. The van der Waals surface area contributed by atoms with Crippen LogP contribution in [0.4, 0.5) is 11.6 Å². The predicted octanol–water partition coefficient (Wildman–Crippen LogP) is 1.50. The zero-order chi connectivity index (χ0) is 15.2. The summed E-state index contributed by atoms with van der Waals surface area (Å²) >= 11 is 0. The van der Waals surface area contributed by atoms with Crippen molar-refractivity contribution in [2.75, 3.05) is 36.4 Å². The van der Waals surface area contributed by atoms with Crippen LogP contribution in [0.1, 0.15) is 38.1 Å². The molecular formula is C15H25N5O. The summed E-state index contributed by atoms with van der Waals surface area (Å²) in [5.74, 6) is 2.68. The van der Waals surface area contributed by atoms with E-state index in [1.165, 1.54) is 0 Å². The third-order valence-corrected chi connectivity index (χ3v) is 3.55. The molecule has 0 aliphatic carbocycles. The normalized spacial score (nSPS) is 15.6. The predicted molar refractivity (Wildman–Crippen MR) is 84.8 cm³/mol. The maximum Gasteiger partial charge on any atom is 0.239 e. The molecule has 0 atom stereocenters. The Labute approximate surface area is 126 Å². The van der Waals surface area contributed by atoms with Gasteiger partial charge in [0.2, 0.25) is 5.91 Å². The van der Waals surface area contributed by atoms with Gasteiger partial charge in [-0.05, 0) is 26.7 Å². The highest BCUT2D eigenvalue weighted by Crippen LogP contribution is 2.24. The minimum Gasteiger partial charge on any atom is -0.370 e. The van der Waals surface area contributed by atoms with Crippen LogP contribution in [-0.2, 0) is 11.2 Å². The fraction of sp³-hybridized carbons (Fsp3) is 0.667. The van der Waals surface area contributed by atoms with Crippen molar-refractivity contribution in [1.82, 2.24) is 15.3 Å². The van der Waals surface area contributed by atoms with E-state index < -0.39 is 0 Å². The highest BCUT2D eigenvalue weighted by molar-refractivity contribution is 5.82. The topological polar surface area (TPSA) is 70.2 Å². The summed E-state index contributed by atoms with van der Waals surface area (Å²) in [5, 5.41) is 6.21. The number of nitrogens with one attached hydrogen (secondary N) is 2. The maximum absolute atomic E-state index is 11.8. The van der Waals surface area contributed by atoms with E-state index in [2.05, 4.69) is 34.4 Å². The van der Waals surface area contributed by atoms with Crippen LogP contribution in [0.3, 0.4) is 0 Å². The number of carbonyl (C=O) groups excluding carboxylic acids is 1. The quantitative estimate of drug-likeness (QED) is 0.860. The highest BCUT2D eigenvalue weighted by Gasteiger charge is 2.20. The summed E-state index contributed by atoms with van der Waals surface area (Å²) in [4.78, 5) is 23.2. The average Bonchev–Trinajstić information content (AvgIpc) is 2.67. The van der Waals surface area contributed by atoms with Gasteiger partial charge in [-0.25, -0.2) is 9.97 Å². The lowest BCUT2D eigenvalue weighted by Gasteiger charge is -2.24. The molecule has 1 aromatic heterocycles. The summed E-state index contributed by atoms with van der Waals surface area (Å²) in [6.45, 7) is 8.97. The molecule has 2 N–H and O–H groups in total. The Kier molecular flexibility index (Phi) is 5.36. The van der Waals surface area contributed by atoms with Gasteiger partial charge in [0, 0.05) is 31.6 Å². The summed E-state index contributed by atoms with van der Waals surface area (Å²) < 4.78 is 0. The molecule has 1 saturated heterocycles. The summed E-state index contributed by atoms with van der Waals surface area (Å²) in [6.07, 6.45) is 2.80. The monoisotopic (exact) mass is 291 g/mol. The second kappa shape index (κ2) is 7.24. The van der Waals surface area contributed by atoms with Crippen molar-refractivity contribution in [2.45, 2.75) is 40.0 Å². The standard InChI is InChI=1S/C15H25N5O/c1-4-7-12-18-14(16-5-2)11(3)15(19-12)20-9-6-8-17-13(21)10-20/h4-10H2,1-3H3,(H,17,21)(H,16,18,19). The van der Waals surface area contributed by atoms with Crippen LogP contribution in [0.15, 0.2) is 0 Å². The molecule has 2 heterocycles. The number of carbonyl (C=O) groups is 1. The molecule has 1 amide bonds. The van der Waals surface area contributed by atoms with Crippen molar-refractivity contribution in [2.24, 2.45) is 0 Å². The van der Waals surface area contributed by atoms with E-state index in [9.17, 15) is 4.79 Å². The smallest absolute Gasteiger partial charge is 0.239 e. The van der Waals surface area contributed by atoms with Gasteiger partial charge < -0.3 is 15.5 Å². The van der Waals surface area contributed by atoms with Gasteiger partial charge in [-0.3, -0.25) is 4.79 Å². The van der Waals surface area contributed by atoms with E-state index in [-0.39, 0.29) is 5.91 Å². The van der Waals surface area contributed by atoms with Crippen LogP contribution in [0.2, 0.25) is 0 Å². The van der Waals surface area contributed by atoms with Crippen molar-refractivity contribution in [3.05, 3.63) is 11.4 Å². The summed E-state index contributed by atoms with van der Waals surface area (Å²) in [5.41, 5.74) is 1.02. The van der Waals surface area contributed by atoms with E-state index in [1.807, 2.05) is 6.92 Å². The Morgan fingerprint density at radius 2 is 2.14 bits per heavy atom. The second-order valence-electron chi connectivity index (χ2n) is 5.34. The van der Waals surface area contributed by atoms with Crippen molar-refractivity contribution in [3.8, 4) is 0 Å². The SMILES string of the molecule is CCCc1nc(NCC)c(C)c(N2CCCNC(=O)C2)n1. The van der Waals surface area contributed by atoms with Gasteiger partial charge in [0.15, 0.2) is 0 Å². The van der Waals surface area contributed by atoms with E-state index >= 15 is 0 Å². The van der Waals surface area contributed by atoms with Gasteiger partial charge in [0.1, 0.15) is 17.5 Å². The molecule has 0 unspecified atom stereocenters. The minimum atomic E-state index is 0.0626. The first-order chi connectivity index (χ1) is 10.2. The first kappa shape index (κ1) is 15.5. The van der Waals surface area contributed by atoms with Crippen LogP contribution in [0.25, 0.3) is 0 Å². The lowest BCUT2D eigenvalue weighted by Crippen LogP contribution is -2.34. The molecule has 0 spiro atoms. The zero-order valence-electron chi connectivity index (χ0n) is 13.2. The molecule has 6 nitrogen and oxygen atoms in total. The van der Waals surface area contributed by atoms with Gasteiger partial charge in [-0.2, -0.15) is 0 Å². The Bertz CT molecular complexity index is 503. The molecule has 0 radical (unpaired) electrons. The van der Waals surface area contributed by atoms with E-state index in [0.717, 1.165) is 61.9 Å². The first-order valence-corrected chi connectivity index (χ1v) is 7.78. The Morgan fingerprint density at radius 3 is 2.86 bits per heavy atom. The molecule has 1 aliphatic heterocycles. The number of aryl methyl sites for hydroxylation is 1. The van der Waals surface area contributed by atoms with E-state index in [1.54, 1.807) is 0 Å². The number of aromatic nitrogens is 2. The molecule has 21 heavy (non-hydrogen) atoms. The molecule has 1 aromatic rings. The molecule has 1 fully saturated rings. The van der Waals surface area contributed by atoms with Crippen molar-refractivity contribution in [1.29, 1.82) is 0 Å².